The van der Waals surface area contributed by atoms with Crippen LogP contribution in [0.4, 0.5) is 11.4 Å². The van der Waals surface area contributed by atoms with Gasteiger partial charge in [0, 0.05) is 30.9 Å². The van der Waals surface area contributed by atoms with Crippen LogP contribution in [0.5, 0.6) is 5.75 Å². The van der Waals surface area contributed by atoms with Crippen LogP contribution in [0.2, 0.25) is 0 Å². The van der Waals surface area contributed by atoms with Gasteiger partial charge in [0.1, 0.15) is 5.75 Å². The third-order valence-corrected chi connectivity index (χ3v) is 7.11. The molecule has 1 aliphatic heterocycles. The predicted octanol–water partition coefficient (Wildman–Crippen LogP) is 3.27. The smallest absolute Gasteiger partial charge is 0.265 e. The zero-order valence-corrected chi connectivity index (χ0v) is 19.2. The van der Waals surface area contributed by atoms with Crippen LogP contribution < -0.4 is 15.0 Å². The average Bonchev–Trinajstić information content (AvgIpc) is 2.76. The Morgan fingerprint density at radius 1 is 1.16 bits per heavy atom. The van der Waals surface area contributed by atoms with Crippen LogP contribution in [0.15, 0.2) is 59.5 Å². The van der Waals surface area contributed by atoms with Crippen LogP contribution in [0.3, 0.4) is 0 Å². The number of hydrogen-bond donors (Lipinski definition) is 1. The number of anilines is 2. The first-order valence-electron chi connectivity index (χ1n) is 10.3. The minimum atomic E-state index is -3.59. The van der Waals surface area contributed by atoms with Crippen molar-refractivity contribution in [2.24, 2.45) is 0 Å². The number of amides is 2. The van der Waals surface area contributed by atoms with Gasteiger partial charge in [-0.1, -0.05) is 26.0 Å². The van der Waals surface area contributed by atoms with Crippen LogP contribution in [0, 0.1) is 0 Å². The number of carbonyl (C=O) groups is 2. The average molecular weight is 458 g/mol. The van der Waals surface area contributed by atoms with Gasteiger partial charge in [0.05, 0.1) is 10.6 Å². The zero-order valence-electron chi connectivity index (χ0n) is 18.4. The number of ether oxygens (including phenoxy) is 1. The second-order valence-corrected chi connectivity index (χ2v) is 9.41. The summed E-state index contributed by atoms with van der Waals surface area (Å²) in [7, 11) is -3.59. The van der Waals surface area contributed by atoms with Crippen molar-refractivity contribution in [1.29, 1.82) is 0 Å². The van der Waals surface area contributed by atoms with Gasteiger partial charge >= 0.3 is 0 Å². The minimum Gasteiger partial charge on any atom is -0.482 e. The Morgan fingerprint density at radius 3 is 2.41 bits per heavy atom. The van der Waals surface area contributed by atoms with E-state index in [1.54, 1.807) is 36.9 Å². The zero-order chi connectivity index (χ0) is 23.5. The van der Waals surface area contributed by atoms with Gasteiger partial charge < -0.3 is 15.0 Å². The molecular formula is C23H27N3O5S. The highest BCUT2D eigenvalue weighted by Gasteiger charge is 2.26. The number of hydrogen-bond acceptors (Lipinski definition) is 5. The Kier molecular flexibility index (Phi) is 7.00. The molecule has 0 radical (unpaired) electrons. The normalized spacial score (nSPS) is 13.5. The minimum absolute atomic E-state index is 0.0469. The highest BCUT2D eigenvalue weighted by atomic mass is 32.2. The summed E-state index contributed by atoms with van der Waals surface area (Å²) in [6.07, 6.45) is 0. The van der Waals surface area contributed by atoms with Crippen molar-refractivity contribution in [2.75, 3.05) is 36.5 Å². The predicted molar refractivity (Wildman–Crippen MR) is 124 cm³/mol. The van der Waals surface area contributed by atoms with Gasteiger partial charge in [-0.2, -0.15) is 4.31 Å². The summed E-state index contributed by atoms with van der Waals surface area (Å²) in [5.41, 5.74) is 2.18. The highest BCUT2D eigenvalue weighted by molar-refractivity contribution is 7.89. The van der Waals surface area contributed by atoms with Gasteiger partial charge in [-0.3, -0.25) is 9.59 Å². The lowest BCUT2D eigenvalue weighted by Crippen LogP contribution is -2.39. The third kappa shape index (κ3) is 4.84. The molecule has 32 heavy (non-hydrogen) atoms. The SMILES string of the molecule is C=C(C)CN1C(=O)COc2ccc(NC(=O)c3ccc(S(=O)(=O)N(CC)CC)cc3)cc21. The summed E-state index contributed by atoms with van der Waals surface area (Å²) in [5, 5.41) is 2.79. The van der Waals surface area contributed by atoms with Crippen molar-refractivity contribution in [2.45, 2.75) is 25.7 Å². The van der Waals surface area contributed by atoms with E-state index in [9.17, 15) is 18.0 Å². The molecule has 0 atom stereocenters. The maximum Gasteiger partial charge on any atom is 0.265 e. The number of benzene rings is 2. The Morgan fingerprint density at radius 2 is 1.81 bits per heavy atom. The molecule has 0 saturated carbocycles. The summed E-state index contributed by atoms with van der Waals surface area (Å²) < 4.78 is 32.1. The van der Waals surface area contributed by atoms with Crippen molar-refractivity contribution >= 4 is 33.2 Å². The highest BCUT2D eigenvalue weighted by Crippen LogP contribution is 2.35. The fraction of sp³-hybridized carbons (Fsp3) is 0.304. The quantitative estimate of drug-likeness (QED) is 0.614. The Bertz CT molecular complexity index is 1140. The maximum atomic E-state index is 12.7. The molecule has 0 fully saturated rings. The molecule has 0 spiro atoms. The summed E-state index contributed by atoms with van der Waals surface area (Å²) >= 11 is 0. The molecule has 2 aromatic rings. The fourth-order valence-electron chi connectivity index (χ4n) is 3.42. The van der Waals surface area contributed by atoms with E-state index in [2.05, 4.69) is 11.9 Å². The van der Waals surface area contributed by atoms with Crippen molar-refractivity contribution in [1.82, 2.24) is 4.31 Å². The van der Waals surface area contributed by atoms with Gasteiger partial charge in [-0.25, -0.2) is 8.42 Å². The number of rotatable bonds is 8. The van der Waals surface area contributed by atoms with Crippen LogP contribution in [0.25, 0.3) is 0 Å². The molecular weight excluding hydrogens is 430 g/mol. The monoisotopic (exact) mass is 457 g/mol. The lowest BCUT2D eigenvalue weighted by Gasteiger charge is -2.30. The van der Waals surface area contributed by atoms with E-state index in [0.717, 1.165) is 5.57 Å². The molecule has 0 aliphatic carbocycles. The molecule has 0 aromatic heterocycles. The molecule has 170 valence electrons. The van der Waals surface area contributed by atoms with Crippen LogP contribution in [-0.2, 0) is 14.8 Å². The van der Waals surface area contributed by atoms with E-state index in [0.29, 0.717) is 42.3 Å². The van der Waals surface area contributed by atoms with Gasteiger partial charge in [0.25, 0.3) is 11.8 Å². The summed E-state index contributed by atoms with van der Waals surface area (Å²) in [5.74, 6) is -0.0324. The van der Waals surface area contributed by atoms with Gasteiger partial charge in [0.2, 0.25) is 10.0 Å². The largest absolute Gasteiger partial charge is 0.482 e. The number of sulfonamides is 1. The van der Waals surface area contributed by atoms with Crippen molar-refractivity contribution in [3.05, 3.63) is 60.2 Å². The van der Waals surface area contributed by atoms with Crippen LogP contribution in [-0.4, -0.2) is 50.8 Å². The van der Waals surface area contributed by atoms with E-state index in [4.69, 9.17) is 4.74 Å². The van der Waals surface area contributed by atoms with Crippen LogP contribution >= 0.6 is 0 Å². The fourth-order valence-corrected chi connectivity index (χ4v) is 4.88. The summed E-state index contributed by atoms with van der Waals surface area (Å²) in [4.78, 5) is 26.7. The molecule has 2 aromatic carbocycles. The van der Waals surface area contributed by atoms with E-state index in [1.165, 1.54) is 28.6 Å². The number of fused-ring (bicyclic) bond motifs is 1. The summed E-state index contributed by atoms with van der Waals surface area (Å²) in [6, 6.07) is 10.9. The Labute approximate surface area is 188 Å². The van der Waals surface area contributed by atoms with Crippen LogP contribution in [0.1, 0.15) is 31.1 Å². The molecule has 9 heteroatoms. The van der Waals surface area contributed by atoms with E-state index >= 15 is 0 Å². The van der Waals surface area contributed by atoms with Gasteiger partial charge in [-0.15, -0.1) is 0 Å². The number of nitrogens with zero attached hydrogens (tertiary/aromatic N) is 2. The number of carbonyl (C=O) groups excluding carboxylic acids is 2. The standard InChI is InChI=1S/C23H27N3O5S/c1-5-25(6-2)32(29,30)19-10-7-17(8-11-19)23(28)24-18-9-12-21-20(13-18)26(14-16(3)4)22(27)15-31-21/h7-13H,3,5-6,14-15H2,1-2,4H3,(H,24,28). The number of nitrogens with one attached hydrogen (secondary N) is 1. The molecule has 1 heterocycles. The van der Waals surface area contributed by atoms with Gasteiger partial charge in [0.15, 0.2) is 6.61 Å². The second-order valence-electron chi connectivity index (χ2n) is 7.48. The topological polar surface area (TPSA) is 96.0 Å². The molecule has 8 nitrogen and oxygen atoms in total. The molecule has 1 aliphatic rings. The molecule has 0 unspecified atom stereocenters. The lowest BCUT2D eigenvalue weighted by atomic mass is 10.1. The first-order chi connectivity index (χ1) is 15.2. The van der Waals surface area contributed by atoms with Gasteiger partial charge in [-0.05, 0) is 49.4 Å². The van der Waals surface area contributed by atoms with Crippen molar-refractivity contribution in [3.63, 3.8) is 0 Å². The molecule has 0 bridgehead atoms. The van der Waals surface area contributed by atoms with E-state index in [1.807, 2.05) is 6.92 Å². The Balaban J connectivity index is 1.80. The van der Waals surface area contributed by atoms with E-state index < -0.39 is 15.9 Å². The lowest BCUT2D eigenvalue weighted by molar-refractivity contribution is -0.121. The van der Waals surface area contributed by atoms with E-state index in [-0.39, 0.29) is 17.4 Å². The second kappa shape index (κ2) is 9.54. The third-order valence-electron chi connectivity index (χ3n) is 5.05. The molecule has 1 N–H and O–H groups in total. The first-order valence-corrected chi connectivity index (χ1v) is 11.7. The van der Waals surface area contributed by atoms with Crippen molar-refractivity contribution < 1.29 is 22.7 Å². The Hall–Kier alpha value is -3.17. The maximum absolute atomic E-state index is 12.7. The van der Waals surface area contributed by atoms with Crippen molar-refractivity contribution in [3.8, 4) is 5.75 Å². The molecule has 2 amide bonds. The summed E-state index contributed by atoms with van der Waals surface area (Å²) in [6.45, 7) is 10.3. The molecule has 0 saturated heterocycles. The molecule has 3 rings (SSSR count). The first kappa shape index (κ1) is 23.5.